The summed E-state index contributed by atoms with van der Waals surface area (Å²) >= 11 is 0. The van der Waals surface area contributed by atoms with Crippen LogP contribution in [0.4, 0.5) is 0 Å². The molecule has 0 aromatic rings. The fourth-order valence-corrected chi connectivity index (χ4v) is 9.44. The molecule has 4 aliphatic rings. The summed E-state index contributed by atoms with van der Waals surface area (Å²) in [4.78, 5) is 43.2. The van der Waals surface area contributed by atoms with Crippen molar-refractivity contribution in [1.29, 1.82) is 0 Å². The summed E-state index contributed by atoms with van der Waals surface area (Å²) < 4.78 is 56.7. The largest absolute Gasteiger partial charge is 0.462 e. The minimum absolute atomic E-state index is 0.0117. The van der Waals surface area contributed by atoms with Crippen LogP contribution in [0.15, 0.2) is 24.3 Å². The number of rotatable bonds is 13. The number of aliphatic hydroxyl groups excluding tert-OH is 2. The highest BCUT2D eigenvalue weighted by molar-refractivity contribution is 5.72. The van der Waals surface area contributed by atoms with Crippen molar-refractivity contribution in [3.63, 3.8) is 0 Å². The smallest absolute Gasteiger partial charge is 0.309 e. The predicted octanol–water partition coefficient (Wildman–Crippen LogP) is 3.29. The molecular weight excluding hydrogens is 821 g/mol. The average Bonchev–Trinajstić information content (AvgIpc) is 3.19. The Labute approximate surface area is 374 Å². The van der Waals surface area contributed by atoms with Crippen molar-refractivity contribution >= 4 is 18.2 Å². The third kappa shape index (κ3) is 14.5. The summed E-state index contributed by atoms with van der Waals surface area (Å²) in [5.41, 5.74) is -1.49. The fraction of sp³-hybridized carbons (Fsp3) is 0.848. The summed E-state index contributed by atoms with van der Waals surface area (Å²) in [6, 6.07) is -0.510. The molecule has 4 rings (SSSR count). The highest BCUT2D eigenvalue weighted by atomic mass is 16.7. The van der Waals surface area contributed by atoms with E-state index in [2.05, 4.69) is 4.90 Å². The van der Waals surface area contributed by atoms with E-state index in [0.717, 1.165) is 12.7 Å². The van der Waals surface area contributed by atoms with Gasteiger partial charge in [-0.2, -0.15) is 0 Å². The van der Waals surface area contributed by atoms with Crippen molar-refractivity contribution in [2.24, 2.45) is 11.8 Å². The van der Waals surface area contributed by atoms with Crippen molar-refractivity contribution in [2.75, 3.05) is 35.3 Å². The molecule has 13 unspecified atom stereocenters. The first kappa shape index (κ1) is 53.2. The van der Waals surface area contributed by atoms with Crippen molar-refractivity contribution in [2.45, 2.75) is 204 Å². The van der Waals surface area contributed by atoms with E-state index in [4.69, 9.17) is 42.6 Å². The molecule has 0 radical (unpaired) electrons. The van der Waals surface area contributed by atoms with E-state index in [1.54, 1.807) is 46.7 Å². The number of carbonyl (C=O) groups is 3. The van der Waals surface area contributed by atoms with Crippen LogP contribution in [0.2, 0.25) is 0 Å². The molecule has 0 amide bonds. The number of likely N-dealkylation sites (N-methyl/N-ethyl adjacent to an activating group) is 2. The number of allylic oxidation sites excluding steroid dienone is 2. The van der Waals surface area contributed by atoms with E-state index in [-0.39, 0.29) is 43.7 Å². The van der Waals surface area contributed by atoms with Gasteiger partial charge in [0.15, 0.2) is 18.9 Å². The molecule has 362 valence electrons. The van der Waals surface area contributed by atoms with Gasteiger partial charge in [-0.3, -0.25) is 9.59 Å². The number of esters is 2. The van der Waals surface area contributed by atoms with Crippen LogP contribution < -0.4 is 0 Å². The topological polar surface area (TPSA) is 201 Å². The van der Waals surface area contributed by atoms with Crippen LogP contribution in [0.3, 0.4) is 0 Å². The van der Waals surface area contributed by atoms with Crippen molar-refractivity contribution in [1.82, 2.24) is 9.80 Å². The monoisotopic (exact) mass is 899 g/mol. The molecule has 3 saturated heterocycles. The summed E-state index contributed by atoms with van der Waals surface area (Å²) in [5, 5.41) is 33.7. The van der Waals surface area contributed by atoms with Crippen molar-refractivity contribution < 1.29 is 72.3 Å². The van der Waals surface area contributed by atoms with E-state index in [0.29, 0.717) is 19.3 Å². The van der Waals surface area contributed by atoms with Gasteiger partial charge >= 0.3 is 11.9 Å². The van der Waals surface area contributed by atoms with Gasteiger partial charge < -0.3 is 72.5 Å². The van der Waals surface area contributed by atoms with Crippen LogP contribution in [0, 0.1) is 11.8 Å². The number of aldehydes is 1. The average molecular weight is 899 g/mol. The van der Waals surface area contributed by atoms with Crippen LogP contribution in [0.5, 0.6) is 0 Å². The Balaban J connectivity index is 1.74. The van der Waals surface area contributed by atoms with Gasteiger partial charge in [0.1, 0.15) is 42.9 Å². The van der Waals surface area contributed by atoms with Gasteiger partial charge in [-0.15, -0.1) is 0 Å². The maximum atomic E-state index is 13.5. The molecule has 3 fully saturated rings. The minimum Gasteiger partial charge on any atom is -0.462 e. The molecule has 0 aromatic carbocycles. The second kappa shape index (κ2) is 24.4. The van der Waals surface area contributed by atoms with E-state index in [1.807, 2.05) is 52.2 Å². The van der Waals surface area contributed by atoms with Crippen molar-refractivity contribution in [3.8, 4) is 0 Å². The zero-order valence-electron chi connectivity index (χ0n) is 39.6. The summed E-state index contributed by atoms with van der Waals surface area (Å²) in [7, 11) is 9.04. The minimum atomic E-state index is -1.49. The molecule has 0 aromatic heterocycles. The maximum absolute atomic E-state index is 13.5. The Bertz CT molecular complexity index is 1490. The molecule has 17 nitrogen and oxygen atoms in total. The number of hydrogen-bond acceptors (Lipinski definition) is 17. The first-order chi connectivity index (χ1) is 29.7. The van der Waals surface area contributed by atoms with Gasteiger partial charge in [-0.25, -0.2) is 0 Å². The van der Waals surface area contributed by atoms with Gasteiger partial charge in [0.25, 0.3) is 0 Å². The SMILES string of the molecule is CCC(=O)O[C@@H]1CC(=O)O[C@H](C)C/C=C/C=C/[C@@H](OC2CCC(N(C)C)C(C)O2)[C@H](C)C[C@H](CC=O)[C@H](OC2OC(C)C(OC3CC(C)(O)C(O)C(C)O3)C(N(C)C)C2O)C1OC. The lowest BCUT2D eigenvalue weighted by atomic mass is 9.82. The molecule has 17 heteroatoms. The lowest BCUT2D eigenvalue weighted by Gasteiger charge is -2.50. The van der Waals surface area contributed by atoms with E-state index < -0.39 is 109 Å². The highest BCUT2D eigenvalue weighted by Crippen LogP contribution is 2.38. The molecule has 0 saturated carbocycles. The summed E-state index contributed by atoms with van der Waals surface area (Å²) in [5.74, 6) is -2.12. The molecule has 0 spiro atoms. The Morgan fingerprint density at radius 1 is 0.905 bits per heavy atom. The lowest BCUT2D eigenvalue weighted by molar-refractivity contribution is -0.344. The second-order valence-corrected chi connectivity index (χ2v) is 18.6. The number of nitrogens with zero attached hydrogens (tertiary/aromatic N) is 2. The Morgan fingerprint density at radius 2 is 1.60 bits per heavy atom. The molecule has 0 aliphatic carbocycles. The molecular formula is C46H78N2O15. The maximum Gasteiger partial charge on any atom is 0.309 e. The lowest BCUT2D eigenvalue weighted by Crippen LogP contribution is -2.65. The van der Waals surface area contributed by atoms with Gasteiger partial charge in [0.05, 0.1) is 48.6 Å². The highest BCUT2D eigenvalue weighted by Gasteiger charge is 2.52. The predicted molar refractivity (Wildman–Crippen MR) is 231 cm³/mol. The van der Waals surface area contributed by atoms with Gasteiger partial charge in [0, 0.05) is 38.8 Å². The molecule has 4 heterocycles. The van der Waals surface area contributed by atoms with Gasteiger partial charge in [0.2, 0.25) is 0 Å². The first-order valence-electron chi connectivity index (χ1n) is 22.7. The standard InChI is InChI=1S/C46H78N2O15/c1-13-35(50)60-34-24-36(51)56-27(3)17-15-14-16-18-33(61-37-20-19-32(47(8)9)28(4)57-37)26(2)23-31(21-22-49)42(43(34)55-12)63-45-40(52)39(48(10)11)41(29(5)59-45)62-38-25-46(7,54)44(53)30(6)58-38/h14-16,18,22,26-34,37-45,52-54H,13,17,19-21,23-25H2,1-12H3/b15-14+,18-16+/t26-,27-,28?,29?,30?,31+,32?,33-,34-,37?,38?,39?,40?,41?,42+,43?,44?,45?,46?/m1/s1. The van der Waals surface area contributed by atoms with Crippen LogP contribution in [0.1, 0.15) is 99.8 Å². The van der Waals surface area contributed by atoms with Gasteiger partial charge in [-0.1, -0.05) is 38.2 Å². The molecule has 3 N–H and O–H groups in total. The number of cyclic esters (lactones) is 1. The van der Waals surface area contributed by atoms with E-state index >= 15 is 0 Å². The molecule has 63 heavy (non-hydrogen) atoms. The van der Waals surface area contributed by atoms with E-state index in [9.17, 15) is 29.7 Å². The van der Waals surface area contributed by atoms with E-state index in [1.165, 1.54) is 14.0 Å². The normalized spacial score (nSPS) is 43.5. The zero-order chi connectivity index (χ0) is 46.8. The third-order valence-corrected chi connectivity index (χ3v) is 12.9. The van der Waals surface area contributed by atoms with Crippen LogP contribution in [-0.4, -0.2) is 182 Å². The quantitative estimate of drug-likeness (QED) is 0.180. The Morgan fingerprint density at radius 3 is 2.21 bits per heavy atom. The first-order valence-corrected chi connectivity index (χ1v) is 22.7. The zero-order valence-corrected chi connectivity index (χ0v) is 39.6. The molecule has 19 atom stereocenters. The molecule has 4 aliphatic heterocycles. The number of aliphatic hydroxyl groups is 3. The summed E-state index contributed by atoms with van der Waals surface area (Å²) in [6.45, 7) is 12.4. The number of ether oxygens (including phenoxy) is 9. The number of methoxy groups -OCH3 is 1. The fourth-order valence-electron chi connectivity index (χ4n) is 9.44. The van der Waals surface area contributed by atoms with Crippen molar-refractivity contribution in [3.05, 3.63) is 24.3 Å². The third-order valence-electron chi connectivity index (χ3n) is 12.9. The van der Waals surface area contributed by atoms with Crippen LogP contribution in [-0.2, 0) is 57.0 Å². The van der Waals surface area contributed by atoms with Crippen LogP contribution >= 0.6 is 0 Å². The number of carbonyl (C=O) groups excluding carboxylic acids is 3. The Hall–Kier alpha value is -2.39. The number of hydrogen-bond donors (Lipinski definition) is 3. The van der Waals surface area contributed by atoms with Crippen LogP contribution in [0.25, 0.3) is 0 Å². The second-order valence-electron chi connectivity index (χ2n) is 18.6. The molecule has 0 bridgehead atoms. The van der Waals surface area contributed by atoms with Gasteiger partial charge in [-0.05, 0) is 93.9 Å². The Kier molecular flexibility index (Phi) is 20.6. The summed E-state index contributed by atoms with van der Waals surface area (Å²) in [6.07, 6.45) is -1.76.